The maximum atomic E-state index is 12.6. The predicted molar refractivity (Wildman–Crippen MR) is 90.9 cm³/mol. The summed E-state index contributed by atoms with van der Waals surface area (Å²) in [6.07, 6.45) is 1.90. The Morgan fingerprint density at radius 3 is 2.38 bits per heavy atom. The number of nitrogens with one attached hydrogen (secondary N) is 1. The number of ether oxygens (including phenoxy) is 1. The number of nitro groups is 1. The van der Waals surface area contributed by atoms with Crippen LogP contribution >= 0.6 is 0 Å². The number of anilines is 1. The Hall–Kier alpha value is -2.61. The summed E-state index contributed by atoms with van der Waals surface area (Å²) in [5.41, 5.74) is 1.16. The molecule has 0 aromatic heterocycles. The molecule has 8 heteroatoms. The Morgan fingerprint density at radius 1 is 1.17 bits per heavy atom. The van der Waals surface area contributed by atoms with Crippen LogP contribution in [0.5, 0.6) is 5.75 Å². The third-order valence-corrected chi connectivity index (χ3v) is 4.79. The van der Waals surface area contributed by atoms with Gasteiger partial charge in [0.1, 0.15) is 10.6 Å². The molecule has 0 aliphatic heterocycles. The van der Waals surface area contributed by atoms with Gasteiger partial charge in [-0.1, -0.05) is 25.5 Å². The summed E-state index contributed by atoms with van der Waals surface area (Å²) in [7, 11) is -2.71. The van der Waals surface area contributed by atoms with Crippen LogP contribution in [0.15, 0.2) is 47.4 Å². The average Bonchev–Trinajstić information content (AvgIpc) is 2.56. The largest absolute Gasteiger partial charge is 0.495 e. The molecule has 0 amide bonds. The normalized spacial score (nSPS) is 11.1. The Kier molecular flexibility index (Phi) is 5.40. The van der Waals surface area contributed by atoms with Crippen molar-refractivity contribution < 1.29 is 18.1 Å². The number of aryl methyl sites for hydroxylation is 1. The Morgan fingerprint density at radius 2 is 1.83 bits per heavy atom. The number of methoxy groups -OCH3 is 1. The second-order valence-electron chi connectivity index (χ2n) is 5.14. The molecule has 0 saturated heterocycles. The predicted octanol–water partition coefficient (Wildman–Crippen LogP) is 3.36. The van der Waals surface area contributed by atoms with Crippen molar-refractivity contribution in [2.24, 2.45) is 0 Å². The van der Waals surface area contributed by atoms with Crippen LogP contribution in [0.2, 0.25) is 0 Å². The summed E-state index contributed by atoms with van der Waals surface area (Å²) >= 11 is 0. The smallest absolute Gasteiger partial charge is 0.271 e. The van der Waals surface area contributed by atoms with Gasteiger partial charge >= 0.3 is 0 Å². The summed E-state index contributed by atoms with van der Waals surface area (Å²) in [6.45, 7) is 2.06. The Labute approximate surface area is 140 Å². The number of hydrogen-bond acceptors (Lipinski definition) is 5. The van der Waals surface area contributed by atoms with Crippen molar-refractivity contribution in [1.29, 1.82) is 0 Å². The Bertz CT molecular complexity index is 832. The van der Waals surface area contributed by atoms with Crippen molar-refractivity contribution in [2.45, 2.75) is 24.7 Å². The first-order valence-electron chi connectivity index (χ1n) is 7.31. The molecule has 24 heavy (non-hydrogen) atoms. The fourth-order valence-corrected chi connectivity index (χ4v) is 3.48. The second kappa shape index (κ2) is 7.31. The summed E-state index contributed by atoms with van der Waals surface area (Å²) in [5, 5.41) is 10.9. The van der Waals surface area contributed by atoms with Crippen LogP contribution in [0.1, 0.15) is 18.9 Å². The molecule has 2 aromatic rings. The number of nitro benzene ring substituents is 1. The van der Waals surface area contributed by atoms with Crippen LogP contribution in [0.25, 0.3) is 0 Å². The number of non-ortho nitro benzene ring substituents is 1. The summed E-state index contributed by atoms with van der Waals surface area (Å²) in [5.74, 6) is 0.0377. The highest BCUT2D eigenvalue weighted by Gasteiger charge is 2.23. The van der Waals surface area contributed by atoms with Crippen molar-refractivity contribution in [2.75, 3.05) is 11.8 Å². The average molecular weight is 350 g/mol. The van der Waals surface area contributed by atoms with E-state index in [1.165, 1.54) is 19.2 Å². The molecule has 0 aliphatic carbocycles. The van der Waals surface area contributed by atoms with Gasteiger partial charge in [0.25, 0.3) is 15.7 Å². The highest BCUT2D eigenvalue weighted by molar-refractivity contribution is 7.92. The lowest BCUT2D eigenvalue weighted by Crippen LogP contribution is -2.14. The molecule has 0 spiro atoms. The van der Waals surface area contributed by atoms with Crippen molar-refractivity contribution in [1.82, 2.24) is 0 Å². The zero-order valence-electron chi connectivity index (χ0n) is 13.4. The van der Waals surface area contributed by atoms with Gasteiger partial charge in [0.2, 0.25) is 0 Å². The number of nitrogens with zero attached hydrogens (tertiary/aromatic N) is 1. The lowest BCUT2D eigenvalue weighted by Gasteiger charge is -2.12. The first kappa shape index (κ1) is 17.7. The standard InChI is InChI=1S/C16H18N2O5S/c1-3-4-12-5-7-13(8-6-12)17-24(21,22)16-11-14(18(19)20)9-10-15(16)23-2/h5-11,17H,3-4H2,1-2H3. The van der Waals surface area contributed by atoms with Crippen LogP contribution in [0, 0.1) is 10.1 Å². The second-order valence-corrected chi connectivity index (χ2v) is 6.80. The fourth-order valence-electron chi connectivity index (χ4n) is 2.23. The molecule has 0 saturated carbocycles. The first-order valence-corrected chi connectivity index (χ1v) is 8.80. The molecular weight excluding hydrogens is 332 g/mol. The van der Waals surface area contributed by atoms with Crippen LogP contribution < -0.4 is 9.46 Å². The molecule has 2 aromatic carbocycles. The molecule has 0 aliphatic rings. The van der Waals surface area contributed by atoms with Crippen LogP contribution in [-0.4, -0.2) is 20.5 Å². The molecule has 0 unspecified atom stereocenters. The van der Waals surface area contributed by atoms with Crippen molar-refractivity contribution in [3.63, 3.8) is 0 Å². The molecule has 0 bridgehead atoms. The maximum absolute atomic E-state index is 12.6. The lowest BCUT2D eigenvalue weighted by molar-refractivity contribution is -0.385. The van der Waals surface area contributed by atoms with Crippen LogP contribution in [0.3, 0.4) is 0 Å². The van der Waals surface area contributed by atoms with Crippen molar-refractivity contribution in [3.8, 4) is 5.75 Å². The minimum atomic E-state index is -4.02. The third kappa shape index (κ3) is 4.02. The molecule has 128 valence electrons. The van der Waals surface area contributed by atoms with Gasteiger partial charge < -0.3 is 4.74 Å². The molecule has 0 heterocycles. The van der Waals surface area contributed by atoms with E-state index in [9.17, 15) is 18.5 Å². The molecular formula is C16H18N2O5S. The minimum absolute atomic E-state index is 0.0377. The van der Waals surface area contributed by atoms with E-state index in [1.807, 2.05) is 12.1 Å². The van der Waals surface area contributed by atoms with E-state index in [0.717, 1.165) is 24.5 Å². The number of sulfonamides is 1. The van der Waals surface area contributed by atoms with Gasteiger partial charge in [0.05, 0.1) is 12.0 Å². The number of benzene rings is 2. The van der Waals surface area contributed by atoms with E-state index in [4.69, 9.17) is 4.74 Å². The first-order chi connectivity index (χ1) is 11.4. The van der Waals surface area contributed by atoms with Gasteiger partial charge in [0.15, 0.2) is 0 Å². The zero-order valence-corrected chi connectivity index (χ0v) is 14.2. The van der Waals surface area contributed by atoms with Gasteiger partial charge in [-0.3, -0.25) is 14.8 Å². The van der Waals surface area contributed by atoms with Crippen LogP contribution in [-0.2, 0) is 16.4 Å². The van der Waals surface area contributed by atoms with Crippen LogP contribution in [0.4, 0.5) is 11.4 Å². The Balaban J connectivity index is 2.35. The lowest BCUT2D eigenvalue weighted by atomic mass is 10.1. The monoisotopic (exact) mass is 350 g/mol. The molecule has 1 N–H and O–H groups in total. The van der Waals surface area contributed by atoms with Gasteiger partial charge in [-0.2, -0.15) is 0 Å². The number of hydrogen-bond donors (Lipinski definition) is 1. The molecule has 0 fully saturated rings. The van der Waals surface area contributed by atoms with Gasteiger partial charge in [-0.15, -0.1) is 0 Å². The van der Waals surface area contributed by atoms with E-state index >= 15 is 0 Å². The van der Waals surface area contributed by atoms with Gasteiger partial charge in [0, 0.05) is 17.8 Å². The zero-order chi connectivity index (χ0) is 17.7. The quantitative estimate of drug-likeness (QED) is 0.610. The van der Waals surface area contributed by atoms with E-state index in [0.29, 0.717) is 5.69 Å². The minimum Gasteiger partial charge on any atom is -0.495 e. The van der Waals surface area contributed by atoms with E-state index < -0.39 is 14.9 Å². The molecule has 7 nitrogen and oxygen atoms in total. The fraction of sp³-hybridized carbons (Fsp3) is 0.250. The van der Waals surface area contributed by atoms with Crippen molar-refractivity contribution in [3.05, 3.63) is 58.1 Å². The van der Waals surface area contributed by atoms with Gasteiger partial charge in [-0.25, -0.2) is 8.42 Å². The van der Waals surface area contributed by atoms with E-state index in [1.54, 1.807) is 12.1 Å². The van der Waals surface area contributed by atoms with Gasteiger partial charge in [-0.05, 0) is 30.2 Å². The van der Waals surface area contributed by atoms with E-state index in [-0.39, 0.29) is 16.3 Å². The summed E-state index contributed by atoms with van der Waals surface area (Å²) in [6, 6.07) is 10.4. The maximum Gasteiger partial charge on any atom is 0.271 e. The van der Waals surface area contributed by atoms with E-state index in [2.05, 4.69) is 11.6 Å². The van der Waals surface area contributed by atoms with Crippen molar-refractivity contribution >= 4 is 21.4 Å². The highest BCUT2D eigenvalue weighted by Crippen LogP contribution is 2.29. The topological polar surface area (TPSA) is 98.5 Å². The number of rotatable bonds is 7. The highest BCUT2D eigenvalue weighted by atomic mass is 32.2. The molecule has 2 rings (SSSR count). The molecule has 0 radical (unpaired) electrons. The summed E-state index contributed by atoms with van der Waals surface area (Å²) in [4.78, 5) is 9.95. The third-order valence-electron chi connectivity index (χ3n) is 3.39. The SMILES string of the molecule is CCCc1ccc(NS(=O)(=O)c2cc([N+](=O)[O-])ccc2OC)cc1. The summed E-state index contributed by atoms with van der Waals surface area (Å²) < 4.78 is 32.5. The molecule has 0 atom stereocenters.